The van der Waals surface area contributed by atoms with Crippen LogP contribution in [0.1, 0.15) is 5.69 Å². The minimum absolute atomic E-state index is 0.00348. The average molecular weight is 278 g/mol. The normalized spacial score (nSPS) is 11.2. The molecule has 2 rings (SSSR count). The van der Waals surface area contributed by atoms with Gasteiger partial charge in [-0.3, -0.25) is 15.1 Å². The molecule has 98 valence electrons. The molecule has 1 heterocycles. The third-order valence-electron chi connectivity index (χ3n) is 2.55. The summed E-state index contributed by atoms with van der Waals surface area (Å²) in [6.45, 7) is 1.75. The predicted molar refractivity (Wildman–Crippen MR) is 67.5 cm³/mol. The second kappa shape index (κ2) is 4.77. The molecule has 0 amide bonds. The van der Waals surface area contributed by atoms with E-state index in [4.69, 9.17) is 0 Å². The van der Waals surface area contributed by atoms with Crippen LogP contribution in [0.25, 0.3) is 0 Å². The van der Waals surface area contributed by atoms with Gasteiger partial charge in [0.25, 0.3) is 5.69 Å². The van der Waals surface area contributed by atoms with Crippen molar-refractivity contribution >= 4 is 15.5 Å². The lowest BCUT2D eigenvalue weighted by molar-refractivity contribution is -0.384. The molecule has 7 heteroatoms. The maximum absolute atomic E-state index is 12.2. The Balaban J connectivity index is 2.44. The number of pyridine rings is 1. The van der Waals surface area contributed by atoms with Crippen LogP contribution in [0.15, 0.2) is 52.4 Å². The van der Waals surface area contributed by atoms with E-state index in [-0.39, 0.29) is 15.5 Å². The zero-order chi connectivity index (χ0) is 14.0. The van der Waals surface area contributed by atoms with E-state index in [9.17, 15) is 18.5 Å². The molecule has 19 heavy (non-hydrogen) atoms. The Morgan fingerprint density at radius 2 is 1.63 bits per heavy atom. The van der Waals surface area contributed by atoms with Crippen LogP contribution < -0.4 is 0 Å². The Morgan fingerprint density at radius 1 is 1.05 bits per heavy atom. The Morgan fingerprint density at radius 3 is 2.11 bits per heavy atom. The van der Waals surface area contributed by atoms with Gasteiger partial charge in [-0.2, -0.15) is 0 Å². The molecule has 0 bridgehead atoms. The lowest BCUT2D eigenvalue weighted by Gasteiger charge is -2.04. The minimum Gasteiger partial charge on any atom is -0.260 e. The second-order valence-corrected chi connectivity index (χ2v) is 5.84. The van der Waals surface area contributed by atoms with E-state index in [2.05, 4.69) is 4.98 Å². The fourth-order valence-corrected chi connectivity index (χ4v) is 2.70. The van der Waals surface area contributed by atoms with Gasteiger partial charge in [0.05, 0.1) is 14.7 Å². The molecule has 6 nitrogen and oxygen atoms in total. The zero-order valence-corrected chi connectivity index (χ0v) is 10.8. The molecule has 0 fully saturated rings. The predicted octanol–water partition coefficient (Wildman–Crippen LogP) is 2.13. The van der Waals surface area contributed by atoms with E-state index in [1.807, 2.05) is 0 Å². The summed E-state index contributed by atoms with van der Waals surface area (Å²) in [5.41, 5.74) is 0.559. The summed E-state index contributed by atoms with van der Waals surface area (Å²) >= 11 is 0. The Labute approximate surface area is 109 Å². The highest BCUT2D eigenvalue weighted by Crippen LogP contribution is 2.22. The number of nitrogens with zero attached hydrogens (tertiary/aromatic N) is 2. The van der Waals surface area contributed by atoms with Crippen LogP contribution in [0.5, 0.6) is 0 Å². The number of aryl methyl sites for hydroxylation is 1. The Bertz CT molecular complexity index is 706. The molecule has 0 atom stereocenters. The number of hydrogen-bond donors (Lipinski definition) is 0. The third-order valence-corrected chi connectivity index (χ3v) is 4.31. The number of nitro groups is 1. The van der Waals surface area contributed by atoms with E-state index in [0.717, 1.165) is 12.1 Å². The van der Waals surface area contributed by atoms with E-state index in [1.165, 1.54) is 24.4 Å². The molecule has 0 aliphatic carbocycles. The Hall–Kier alpha value is -2.28. The highest BCUT2D eigenvalue weighted by molar-refractivity contribution is 7.91. The van der Waals surface area contributed by atoms with Crippen molar-refractivity contribution < 1.29 is 13.3 Å². The van der Waals surface area contributed by atoms with Crippen LogP contribution in [-0.4, -0.2) is 18.3 Å². The van der Waals surface area contributed by atoms with Crippen molar-refractivity contribution in [2.45, 2.75) is 16.7 Å². The van der Waals surface area contributed by atoms with Crippen molar-refractivity contribution in [1.82, 2.24) is 4.98 Å². The van der Waals surface area contributed by atoms with Crippen molar-refractivity contribution in [3.63, 3.8) is 0 Å². The van der Waals surface area contributed by atoms with Crippen molar-refractivity contribution in [3.05, 3.63) is 58.4 Å². The first-order chi connectivity index (χ1) is 8.91. The monoisotopic (exact) mass is 278 g/mol. The van der Waals surface area contributed by atoms with Crippen molar-refractivity contribution in [2.75, 3.05) is 0 Å². The van der Waals surface area contributed by atoms with Crippen LogP contribution in [0.4, 0.5) is 5.69 Å². The first-order valence-electron chi connectivity index (χ1n) is 5.33. The maximum atomic E-state index is 12.2. The van der Waals surface area contributed by atoms with Gasteiger partial charge in [-0.25, -0.2) is 8.42 Å². The third kappa shape index (κ3) is 2.60. The van der Waals surface area contributed by atoms with Gasteiger partial charge in [0.2, 0.25) is 9.84 Å². The fraction of sp³-hybridized carbons (Fsp3) is 0.0833. The summed E-state index contributed by atoms with van der Waals surface area (Å²) in [5, 5.41) is 10.5. The number of nitro benzene ring substituents is 1. The lowest BCUT2D eigenvalue weighted by Crippen LogP contribution is -2.03. The van der Waals surface area contributed by atoms with E-state index in [0.29, 0.717) is 5.69 Å². The summed E-state index contributed by atoms with van der Waals surface area (Å²) in [6, 6.07) is 7.81. The van der Waals surface area contributed by atoms with Crippen LogP contribution in [0, 0.1) is 17.0 Å². The number of non-ortho nitro benzene ring substituents is 1. The van der Waals surface area contributed by atoms with Crippen LogP contribution >= 0.6 is 0 Å². The smallest absolute Gasteiger partial charge is 0.260 e. The minimum atomic E-state index is -3.68. The van der Waals surface area contributed by atoms with Gasteiger partial charge in [0, 0.05) is 24.0 Å². The molecule has 1 aromatic carbocycles. The van der Waals surface area contributed by atoms with E-state index >= 15 is 0 Å². The molecule has 0 spiro atoms. The molecule has 2 aromatic rings. The molecule has 1 aromatic heterocycles. The molecule has 0 aliphatic heterocycles. The summed E-state index contributed by atoms with van der Waals surface area (Å²) < 4.78 is 24.4. The molecule has 0 N–H and O–H groups in total. The number of aromatic nitrogens is 1. The molecular formula is C12H10N2O4S. The first kappa shape index (κ1) is 13.2. The highest BCUT2D eigenvalue weighted by atomic mass is 32.2. The van der Waals surface area contributed by atoms with Crippen molar-refractivity contribution in [2.24, 2.45) is 0 Å². The molecular weight excluding hydrogens is 268 g/mol. The van der Waals surface area contributed by atoms with Crippen LogP contribution in [0.3, 0.4) is 0 Å². The van der Waals surface area contributed by atoms with E-state index < -0.39 is 14.8 Å². The summed E-state index contributed by atoms with van der Waals surface area (Å²) in [5.74, 6) is 0. The van der Waals surface area contributed by atoms with Crippen LogP contribution in [0.2, 0.25) is 0 Å². The first-order valence-corrected chi connectivity index (χ1v) is 6.82. The zero-order valence-electron chi connectivity index (χ0n) is 9.98. The second-order valence-electron chi connectivity index (χ2n) is 3.89. The standard InChI is InChI=1S/C12H10N2O4S/c1-9-2-5-12(8-13-9)19(17,18)11-6-3-10(4-7-11)14(15)16/h2-8H,1H3. The molecule has 0 unspecified atom stereocenters. The SMILES string of the molecule is Cc1ccc(S(=O)(=O)c2ccc([N+](=O)[O-])cc2)cn1. The summed E-state index contributed by atoms with van der Waals surface area (Å²) in [7, 11) is -3.68. The molecule has 0 radical (unpaired) electrons. The van der Waals surface area contributed by atoms with Gasteiger partial charge in [-0.15, -0.1) is 0 Å². The number of rotatable bonds is 3. The van der Waals surface area contributed by atoms with Gasteiger partial charge in [0.1, 0.15) is 0 Å². The van der Waals surface area contributed by atoms with Crippen LogP contribution in [-0.2, 0) is 9.84 Å². The number of sulfone groups is 1. The number of benzene rings is 1. The topological polar surface area (TPSA) is 90.2 Å². The van der Waals surface area contributed by atoms with Gasteiger partial charge < -0.3 is 0 Å². The molecule has 0 saturated carbocycles. The lowest BCUT2D eigenvalue weighted by atomic mass is 10.3. The largest absolute Gasteiger partial charge is 0.269 e. The van der Waals surface area contributed by atoms with Gasteiger partial charge in [0.15, 0.2) is 0 Å². The Kier molecular flexibility index (Phi) is 3.30. The van der Waals surface area contributed by atoms with Gasteiger partial charge in [-0.1, -0.05) is 0 Å². The van der Waals surface area contributed by atoms with E-state index in [1.54, 1.807) is 13.0 Å². The summed E-state index contributed by atoms with van der Waals surface area (Å²) in [6.07, 6.45) is 1.27. The summed E-state index contributed by atoms with van der Waals surface area (Å²) in [4.78, 5) is 13.9. The quantitative estimate of drug-likeness (QED) is 0.633. The molecule has 0 saturated heterocycles. The highest BCUT2D eigenvalue weighted by Gasteiger charge is 2.18. The van der Waals surface area contributed by atoms with Gasteiger partial charge >= 0.3 is 0 Å². The van der Waals surface area contributed by atoms with Gasteiger partial charge in [-0.05, 0) is 31.2 Å². The van der Waals surface area contributed by atoms with Crippen molar-refractivity contribution in [3.8, 4) is 0 Å². The van der Waals surface area contributed by atoms with Crippen molar-refractivity contribution in [1.29, 1.82) is 0 Å². The average Bonchev–Trinajstić information content (AvgIpc) is 2.39. The fourth-order valence-electron chi connectivity index (χ4n) is 1.50. The maximum Gasteiger partial charge on any atom is 0.269 e. The number of hydrogen-bond acceptors (Lipinski definition) is 5. The molecule has 0 aliphatic rings.